The van der Waals surface area contributed by atoms with E-state index in [2.05, 4.69) is 5.32 Å². The summed E-state index contributed by atoms with van der Waals surface area (Å²) in [5, 5.41) is 21.3. The molecule has 0 aliphatic rings. The van der Waals surface area contributed by atoms with Gasteiger partial charge in [-0.05, 0) is 41.8 Å². The number of phenolic OH excluding ortho intramolecular Hbond substituents is 1. The summed E-state index contributed by atoms with van der Waals surface area (Å²) >= 11 is 0. The number of anilines is 1. The van der Waals surface area contributed by atoms with Gasteiger partial charge in [-0.1, -0.05) is 12.1 Å². The Bertz CT molecular complexity index is 520. The van der Waals surface area contributed by atoms with Gasteiger partial charge in [0.2, 0.25) is 0 Å². The van der Waals surface area contributed by atoms with E-state index in [0.717, 1.165) is 17.3 Å². The van der Waals surface area contributed by atoms with Crippen molar-refractivity contribution < 1.29 is 14.6 Å². The molecule has 4 heteroatoms. The van der Waals surface area contributed by atoms with Crippen LogP contribution in [-0.4, -0.2) is 16.8 Å². The first-order valence-corrected chi connectivity index (χ1v) is 6.09. The van der Waals surface area contributed by atoms with Crippen molar-refractivity contribution in [2.45, 2.75) is 13.0 Å². The molecule has 0 spiro atoms. The molecule has 0 atom stereocenters. The van der Waals surface area contributed by atoms with Crippen LogP contribution in [0.2, 0.25) is 0 Å². The maximum atomic E-state index is 13.1. The van der Waals surface area contributed by atoms with Gasteiger partial charge in [-0.15, -0.1) is 0 Å². The zero-order valence-electron chi connectivity index (χ0n) is 10.4. The van der Waals surface area contributed by atoms with Crippen LogP contribution in [0.3, 0.4) is 0 Å². The fraction of sp³-hybridized carbons (Fsp3) is 0.200. The van der Waals surface area contributed by atoms with Crippen molar-refractivity contribution >= 4 is 5.69 Å². The highest BCUT2D eigenvalue weighted by molar-refractivity contribution is 5.45. The van der Waals surface area contributed by atoms with Crippen molar-refractivity contribution in [2.75, 3.05) is 11.9 Å². The molecule has 19 heavy (non-hydrogen) atoms. The standard InChI is InChI=1S/C15H16FNO2/c16-13-7-12(8-15(19)9-13)10-17-14-3-1-11(2-4-14)5-6-18/h1-4,7-9,17-19H,5-6,10H2. The topological polar surface area (TPSA) is 52.5 Å². The molecular formula is C15H16FNO2. The van der Waals surface area contributed by atoms with Gasteiger partial charge in [0.05, 0.1) is 0 Å². The van der Waals surface area contributed by atoms with E-state index >= 15 is 0 Å². The maximum Gasteiger partial charge on any atom is 0.127 e. The fourth-order valence-corrected chi connectivity index (χ4v) is 1.86. The lowest BCUT2D eigenvalue weighted by Crippen LogP contribution is -2.00. The highest BCUT2D eigenvalue weighted by Crippen LogP contribution is 2.16. The molecular weight excluding hydrogens is 245 g/mol. The molecule has 0 aromatic heterocycles. The van der Waals surface area contributed by atoms with Crippen molar-refractivity contribution in [3.63, 3.8) is 0 Å². The highest BCUT2D eigenvalue weighted by atomic mass is 19.1. The van der Waals surface area contributed by atoms with Crippen LogP contribution in [0.1, 0.15) is 11.1 Å². The SMILES string of the molecule is OCCc1ccc(NCc2cc(O)cc(F)c2)cc1. The second kappa shape index (κ2) is 6.20. The Balaban J connectivity index is 1.98. The summed E-state index contributed by atoms with van der Waals surface area (Å²) in [6.07, 6.45) is 0.637. The third-order valence-electron chi connectivity index (χ3n) is 2.79. The van der Waals surface area contributed by atoms with Crippen molar-refractivity contribution in [2.24, 2.45) is 0 Å². The molecule has 2 aromatic carbocycles. The van der Waals surface area contributed by atoms with E-state index in [0.29, 0.717) is 18.5 Å². The number of halogens is 1. The number of rotatable bonds is 5. The summed E-state index contributed by atoms with van der Waals surface area (Å²) in [7, 11) is 0. The second-order valence-electron chi connectivity index (χ2n) is 4.34. The first kappa shape index (κ1) is 13.4. The molecule has 0 amide bonds. The predicted octanol–water partition coefficient (Wildman–Crippen LogP) is 2.68. The van der Waals surface area contributed by atoms with Crippen LogP contribution >= 0.6 is 0 Å². The van der Waals surface area contributed by atoms with Crippen molar-refractivity contribution in [3.05, 3.63) is 59.4 Å². The number of benzene rings is 2. The van der Waals surface area contributed by atoms with Crippen LogP contribution < -0.4 is 5.32 Å². The smallest absolute Gasteiger partial charge is 0.127 e. The first-order valence-electron chi connectivity index (χ1n) is 6.09. The normalized spacial score (nSPS) is 10.4. The Kier molecular flexibility index (Phi) is 4.36. The van der Waals surface area contributed by atoms with E-state index in [-0.39, 0.29) is 12.4 Å². The third kappa shape index (κ3) is 3.96. The van der Waals surface area contributed by atoms with Gasteiger partial charge in [-0.25, -0.2) is 4.39 Å². The average Bonchev–Trinajstić information content (AvgIpc) is 2.37. The molecule has 0 heterocycles. The fourth-order valence-electron chi connectivity index (χ4n) is 1.86. The molecule has 0 aliphatic carbocycles. The molecule has 0 unspecified atom stereocenters. The minimum atomic E-state index is -0.449. The molecule has 0 saturated carbocycles. The molecule has 2 rings (SSSR count). The second-order valence-corrected chi connectivity index (χ2v) is 4.34. The molecule has 3 nitrogen and oxygen atoms in total. The van der Waals surface area contributed by atoms with E-state index in [1.807, 2.05) is 24.3 Å². The monoisotopic (exact) mass is 261 g/mol. The van der Waals surface area contributed by atoms with Crippen LogP contribution in [0.15, 0.2) is 42.5 Å². The van der Waals surface area contributed by atoms with Crippen LogP contribution in [0, 0.1) is 5.82 Å². The molecule has 0 fully saturated rings. The largest absolute Gasteiger partial charge is 0.508 e. The van der Waals surface area contributed by atoms with Gasteiger partial charge in [0.25, 0.3) is 0 Å². The Morgan fingerprint density at radius 3 is 2.37 bits per heavy atom. The quantitative estimate of drug-likeness (QED) is 0.775. The number of phenols is 1. The van der Waals surface area contributed by atoms with Crippen LogP contribution in [0.4, 0.5) is 10.1 Å². The van der Waals surface area contributed by atoms with Crippen molar-refractivity contribution in [1.29, 1.82) is 0 Å². The summed E-state index contributed by atoms with van der Waals surface area (Å²) < 4.78 is 13.1. The maximum absolute atomic E-state index is 13.1. The van der Waals surface area contributed by atoms with Crippen molar-refractivity contribution in [1.82, 2.24) is 0 Å². The third-order valence-corrected chi connectivity index (χ3v) is 2.79. The van der Waals surface area contributed by atoms with Crippen LogP contribution in [0.5, 0.6) is 5.75 Å². The summed E-state index contributed by atoms with van der Waals surface area (Å²) in [5.41, 5.74) is 2.65. The number of aliphatic hydroxyl groups is 1. The Morgan fingerprint density at radius 2 is 1.74 bits per heavy atom. The lowest BCUT2D eigenvalue weighted by atomic mass is 10.1. The van der Waals surface area contributed by atoms with Gasteiger partial charge in [-0.2, -0.15) is 0 Å². The van der Waals surface area contributed by atoms with Crippen molar-refractivity contribution in [3.8, 4) is 5.75 Å². The van der Waals surface area contributed by atoms with Gasteiger partial charge < -0.3 is 15.5 Å². The molecule has 0 bridgehead atoms. The highest BCUT2D eigenvalue weighted by Gasteiger charge is 2.00. The zero-order valence-corrected chi connectivity index (χ0v) is 10.4. The van der Waals surface area contributed by atoms with Gasteiger partial charge in [0, 0.05) is 24.9 Å². The minimum Gasteiger partial charge on any atom is -0.508 e. The average molecular weight is 261 g/mol. The summed E-state index contributed by atoms with van der Waals surface area (Å²) in [6.45, 7) is 0.569. The van der Waals surface area contributed by atoms with Gasteiger partial charge in [0.1, 0.15) is 11.6 Å². The molecule has 3 N–H and O–H groups in total. The number of aromatic hydroxyl groups is 1. The molecule has 0 aliphatic heterocycles. The van der Waals surface area contributed by atoms with E-state index < -0.39 is 5.82 Å². The zero-order chi connectivity index (χ0) is 13.7. The Labute approximate surface area is 111 Å². The lowest BCUT2D eigenvalue weighted by Gasteiger charge is -2.08. The minimum absolute atomic E-state index is 0.0740. The summed E-state index contributed by atoms with van der Waals surface area (Å²) in [6, 6.07) is 11.7. The Hall–Kier alpha value is -2.07. The predicted molar refractivity (Wildman–Crippen MR) is 72.6 cm³/mol. The molecule has 100 valence electrons. The van der Waals surface area contributed by atoms with Crippen LogP contribution in [0.25, 0.3) is 0 Å². The summed E-state index contributed by atoms with van der Waals surface area (Å²) in [5.74, 6) is -0.523. The molecule has 2 aromatic rings. The first-order chi connectivity index (χ1) is 9.17. The van der Waals surface area contributed by atoms with Crippen LogP contribution in [-0.2, 0) is 13.0 Å². The number of aliphatic hydroxyl groups excluding tert-OH is 1. The van der Waals surface area contributed by atoms with E-state index in [1.165, 1.54) is 12.1 Å². The van der Waals surface area contributed by atoms with E-state index in [1.54, 1.807) is 0 Å². The van der Waals surface area contributed by atoms with Gasteiger partial charge in [-0.3, -0.25) is 0 Å². The Morgan fingerprint density at radius 1 is 1.00 bits per heavy atom. The lowest BCUT2D eigenvalue weighted by molar-refractivity contribution is 0.299. The van der Waals surface area contributed by atoms with E-state index in [9.17, 15) is 9.50 Å². The number of hydrogen-bond donors (Lipinski definition) is 3. The van der Waals surface area contributed by atoms with Gasteiger partial charge in [0.15, 0.2) is 0 Å². The number of hydrogen-bond acceptors (Lipinski definition) is 3. The molecule has 0 saturated heterocycles. The van der Waals surface area contributed by atoms with E-state index in [4.69, 9.17) is 5.11 Å². The molecule has 0 radical (unpaired) electrons. The summed E-state index contributed by atoms with van der Waals surface area (Å²) in [4.78, 5) is 0. The van der Waals surface area contributed by atoms with Gasteiger partial charge >= 0.3 is 0 Å². The number of nitrogens with one attached hydrogen (secondary N) is 1.